The van der Waals surface area contributed by atoms with Gasteiger partial charge in [0, 0.05) is 24.1 Å². The highest BCUT2D eigenvalue weighted by atomic mass is 16.1. The van der Waals surface area contributed by atoms with Crippen LogP contribution in [0.3, 0.4) is 0 Å². The summed E-state index contributed by atoms with van der Waals surface area (Å²) in [6.45, 7) is 0.615. The molecule has 0 atom stereocenters. The molecule has 0 saturated carbocycles. The number of hydrogen-bond donors (Lipinski definition) is 2. The topological polar surface area (TPSA) is 57.8 Å². The van der Waals surface area contributed by atoms with Crippen molar-refractivity contribution < 1.29 is 0 Å². The summed E-state index contributed by atoms with van der Waals surface area (Å²) in [4.78, 5) is 17.7. The first kappa shape index (κ1) is 9.45. The molecule has 15 heavy (non-hydrogen) atoms. The highest BCUT2D eigenvalue weighted by Crippen LogP contribution is 2.03. The van der Waals surface area contributed by atoms with Crippen molar-refractivity contribution in [2.75, 3.05) is 5.32 Å². The Bertz CT molecular complexity index is 478. The molecule has 0 fully saturated rings. The van der Waals surface area contributed by atoms with Crippen LogP contribution in [0.5, 0.6) is 0 Å². The maximum absolute atomic E-state index is 11.0. The van der Waals surface area contributed by atoms with Gasteiger partial charge in [0.25, 0.3) is 0 Å². The minimum Gasteiger partial charge on any atom is -0.379 e. The summed E-state index contributed by atoms with van der Waals surface area (Å²) in [5.41, 5.74) is 1.63. The number of H-pyrrole nitrogens is 1. The van der Waals surface area contributed by atoms with Crippen molar-refractivity contribution in [1.82, 2.24) is 9.97 Å². The fourth-order valence-electron chi connectivity index (χ4n) is 1.25. The van der Waals surface area contributed by atoms with Crippen molar-refractivity contribution >= 4 is 5.69 Å². The van der Waals surface area contributed by atoms with Crippen LogP contribution in [0.4, 0.5) is 5.69 Å². The first-order valence-corrected chi connectivity index (χ1v) is 4.67. The summed E-state index contributed by atoms with van der Waals surface area (Å²) in [6, 6.07) is 9.06. The van der Waals surface area contributed by atoms with E-state index in [-0.39, 0.29) is 5.56 Å². The Morgan fingerprint density at radius 3 is 3.00 bits per heavy atom. The molecule has 0 aliphatic carbocycles. The van der Waals surface area contributed by atoms with Crippen LogP contribution in [-0.2, 0) is 6.54 Å². The lowest BCUT2D eigenvalue weighted by Gasteiger charge is -2.04. The van der Waals surface area contributed by atoms with E-state index in [4.69, 9.17) is 0 Å². The molecule has 0 aliphatic heterocycles. The van der Waals surface area contributed by atoms with Gasteiger partial charge >= 0.3 is 0 Å². The zero-order valence-electron chi connectivity index (χ0n) is 8.10. The van der Waals surface area contributed by atoms with Crippen molar-refractivity contribution in [3.05, 3.63) is 58.8 Å². The molecule has 2 aromatic heterocycles. The molecule has 76 valence electrons. The van der Waals surface area contributed by atoms with E-state index in [2.05, 4.69) is 15.3 Å². The molecule has 0 spiro atoms. The minimum atomic E-state index is -0.110. The first-order chi connectivity index (χ1) is 7.34. The Balaban J connectivity index is 2.02. The third-order valence-electron chi connectivity index (χ3n) is 1.97. The molecule has 4 nitrogen and oxygen atoms in total. The minimum absolute atomic E-state index is 0.110. The average molecular weight is 201 g/mol. The van der Waals surface area contributed by atoms with Crippen LogP contribution in [0.15, 0.2) is 47.5 Å². The van der Waals surface area contributed by atoms with Crippen LogP contribution >= 0.6 is 0 Å². The second-order valence-electron chi connectivity index (χ2n) is 3.12. The van der Waals surface area contributed by atoms with Crippen LogP contribution in [0, 0.1) is 0 Å². The molecule has 2 heterocycles. The molecule has 0 aromatic carbocycles. The van der Waals surface area contributed by atoms with Gasteiger partial charge < -0.3 is 10.3 Å². The maximum Gasteiger partial charge on any atom is 0.249 e. The van der Waals surface area contributed by atoms with E-state index >= 15 is 0 Å². The Labute approximate surface area is 87.0 Å². The average Bonchev–Trinajstić information content (AvgIpc) is 2.28. The van der Waals surface area contributed by atoms with Crippen molar-refractivity contribution in [3.63, 3.8) is 0 Å². The SMILES string of the molecule is O=c1cc(NCc2ccccn2)cc[nH]1. The van der Waals surface area contributed by atoms with Gasteiger partial charge in [0.15, 0.2) is 0 Å². The standard InChI is InChI=1S/C11H11N3O/c15-11-7-9(4-6-13-11)14-8-10-3-1-2-5-12-10/h1-7H,8H2,(H2,13,14,15). The number of aromatic amines is 1. The van der Waals surface area contributed by atoms with Crippen LogP contribution < -0.4 is 10.9 Å². The van der Waals surface area contributed by atoms with E-state index in [1.54, 1.807) is 12.4 Å². The van der Waals surface area contributed by atoms with Crippen molar-refractivity contribution in [2.24, 2.45) is 0 Å². The maximum atomic E-state index is 11.0. The van der Waals surface area contributed by atoms with E-state index < -0.39 is 0 Å². The Hall–Kier alpha value is -2.10. The summed E-state index contributed by atoms with van der Waals surface area (Å²) in [5.74, 6) is 0. The summed E-state index contributed by atoms with van der Waals surface area (Å²) in [6.07, 6.45) is 3.36. The highest BCUT2D eigenvalue weighted by molar-refractivity contribution is 5.40. The van der Waals surface area contributed by atoms with Gasteiger partial charge in [-0.15, -0.1) is 0 Å². The predicted octanol–water partition coefficient (Wildman–Crippen LogP) is 1.38. The molecule has 0 saturated heterocycles. The van der Waals surface area contributed by atoms with Crippen LogP contribution in [-0.4, -0.2) is 9.97 Å². The third kappa shape index (κ3) is 2.67. The summed E-state index contributed by atoms with van der Waals surface area (Å²) < 4.78 is 0. The fourth-order valence-corrected chi connectivity index (χ4v) is 1.25. The second-order valence-corrected chi connectivity index (χ2v) is 3.12. The van der Waals surface area contributed by atoms with Gasteiger partial charge in [0.05, 0.1) is 12.2 Å². The van der Waals surface area contributed by atoms with Crippen LogP contribution in [0.2, 0.25) is 0 Å². The van der Waals surface area contributed by atoms with Gasteiger partial charge in [0.2, 0.25) is 5.56 Å². The fraction of sp³-hybridized carbons (Fsp3) is 0.0909. The van der Waals surface area contributed by atoms with Gasteiger partial charge in [-0.2, -0.15) is 0 Å². The molecular weight excluding hydrogens is 190 g/mol. The van der Waals surface area contributed by atoms with E-state index in [1.807, 2.05) is 24.3 Å². The van der Waals surface area contributed by atoms with Crippen molar-refractivity contribution in [1.29, 1.82) is 0 Å². The van der Waals surface area contributed by atoms with Gasteiger partial charge in [-0.05, 0) is 18.2 Å². The number of anilines is 1. The Morgan fingerprint density at radius 2 is 2.27 bits per heavy atom. The predicted molar refractivity (Wildman–Crippen MR) is 58.6 cm³/mol. The molecule has 0 amide bonds. The largest absolute Gasteiger partial charge is 0.379 e. The Kier molecular flexibility index (Phi) is 2.78. The molecule has 2 aromatic rings. The van der Waals surface area contributed by atoms with Gasteiger partial charge in [-0.25, -0.2) is 0 Å². The zero-order valence-corrected chi connectivity index (χ0v) is 8.10. The summed E-state index contributed by atoms with van der Waals surface area (Å²) in [5, 5.41) is 3.12. The second kappa shape index (κ2) is 4.41. The number of rotatable bonds is 3. The van der Waals surface area contributed by atoms with Crippen LogP contribution in [0.1, 0.15) is 5.69 Å². The van der Waals surface area contributed by atoms with E-state index in [9.17, 15) is 4.79 Å². The van der Waals surface area contributed by atoms with Crippen LogP contribution in [0.25, 0.3) is 0 Å². The van der Waals surface area contributed by atoms with E-state index in [0.717, 1.165) is 11.4 Å². The molecule has 0 bridgehead atoms. The lowest BCUT2D eigenvalue weighted by atomic mass is 10.3. The number of hydrogen-bond acceptors (Lipinski definition) is 3. The molecule has 2 rings (SSSR count). The molecule has 0 unspecified atom stereocenters. The third-order valence-corrected chi connectivity index (χ3v) is 1.97. The highest BCUT2D eigenvalue weighted by Gasteiger charge is 1.94. The normalized spacial score (nSPS) is 9.87. The van der Waals surface area contributed by atoms with Gasteiger partial charge in [-0.1, -0.05) is 6.07 Å². The monoisotopic (exact) mass is 201 g/mol. The lowest BCUT2D eigenvalue weighted by Crippen LogP contribution is -2.07. The number of nitrogens with zero attached hydrogens (tertiary/aromatic N) is 1. The number of aromatic nitrogens is 2. The van der Waals surface area contributed by atoms with Crippen molar-refractivity contribution in [3.8, 4) is 0 Å². The zero-order chi connectivity index (χ0) is 10.5. The number of nitrogens with one attached hydrogen (secondary N) is 2. The number of pyridine rings is 2. The quantitative estimate of drug-likeness (QED) is 0.788. The summed E-state index contributed by atoms with van der Waals surface area (Å²) in [7, 11) is 0. The molecule has 0 radical (unpaired) electrons. The molecule has 0 aliphatic rings. The van der Waals surface area contributed by atoms with Gasteiger partial charge in [0.1, 0.15) is 0 Å². The summed E-state index contributed by atoms with van der Waals surface area (Å²) >= 11 is 0. The van der Waals surface area contributed by atoms with Gasteiger partial charge in [-0.3, -0.25) is 9.78 Å². The van der Waals surface area contributed by atoms with E-state index in [1.165, 1.54) is 6.07 Å². The van der Waals surface area contributed by atoms with Crippen molar-refractivity contribution in [2.45, 2.75) is 6.54 Å². The van der Waals surface area contributed by atoms with E-state index in [0.29, 0.717) is 6.54 Å². The smallest absolute Gasteiger partial charge is 0.249 e. The first-order valence-electron chi connectivity index (χ1n) is 4.67. The molecular formula is C11H11N3O. The molecule has 2 N–H and O–H groups in total. The lowest BCUT2D eigenvalue weighted by molar-refractivity contribution is 1.04. The Morgan fingerprint density at radius 1 is 1.33 bits per heavy atom. The molecule has 4 heteroatoms.